The molecule has 32 heavy (non-hydrogen) atoms. The molecule has 0 atom stereocenters. The smallest absolute Gasteiger partial charge is 0.335 e. The Morgan fingerprint density at radius 1 is 1.09 bits per heavy atom. The van der Waals surface area contributed by atoms with Gasteiger partial charge in [0.05, 0.1) is 17.8 Å². The molecule has 0 aliphatic carbocycles. The Morgan fingerprint density at radius 2 is 1.72 bits per heavy atom. The highest BCUT2D eigenvalue weighted by molar-refractivity contribution is 5.87. The van der Waals surface area contributed by atoms with E-state index in [1.54, 1.807) is 13.0 Å². The van der Waals surface area contributed by atoms with Gasteiger partial charge in [0.2, 0.25) is 11.6 Å². The van der Waals surface area contributed by atoms with Gasteiger partial charge in [-0.05, 0) is 66.6 Å². The number of aromatic carboxylic acids is 1. The van der Waals surface area contributed by atoms with Gasteiger partial charge in [-0.3, -0.25) is 9.36 Å². The van der Waals surface area contributed by atoms with Crippen molar-refractivity contribution in [2.75, 3.05) is 19.0 Å². The van der Waals surface area contributed by atoms with Crippen molar-refractivity contribution in [2.24, 2.45) is 0 Å². The molecule has 0 aliphatic heterocycles. The molecule has 0 fully saturated rings. The minimum absolute atomic E-state index is 0.0436. The highest BCUT2D eigenvalue weighted by Gasteiger charge is 2.19. The lowest BCUT2D eigenvalue weighted by molar-refractivity contribution is 0.0697. The zero-order chi connectivity index (χ0) is 23.4. The third-order valence-electron chi connectivity index (χ3n) is 4.99. The number of carboxylic acids is 1. The van der Waals surface area contributed by atoms with Gasteiger partial charge in [0.1, 0.15) is 0 Å². The molecule has 3 rings (SSSR count). The highest BCUT2D eigenvalue weighted by atomic mass is 16.4. The quantitative estimate of drug-likeness (QED) is 0.463. The molecule has 0 bridgehead atoms. The summed E-state index contributed by atoms with van der Waals surface area (Å²) in [5.41, 5.74) is 5.16. The van der Waals surface area contributed by atoms with Crippen LogP contribution in [0, 0.1) is 13.5 Å². The van der Waals surface area contributed by atoms with Gasteiger partial charge in [0, 0.05) is 25.3 Å². The summed E-state index contributed by atoms with van der Waals surface area (Å²) >= 11 is 0. The number of carboxylic acid groups (broad SMARTS) is 1. The van der Waals surface area contributed by atoms with Crippen LogP contribution in [0.15, 0.2) is 59.1 Å². The topological polar surface area (TPSA) is 87.1 Å². The molecule has 0 amide bonds. The predicted molar refractivity (Wildman–Crippen MR) is 125 cm³/mol. The van der Waals surface area contributed by atoms with Crippen molar-refractivity contribution >= 4 is 29.5 Å². The van der Waals surface area contributed by atoms with Crippen molar-refractivity contribution in [1.82, 2.24) is 4.57 Å². The number of aromatic nitrogens is 1. The molecule has 0 aliphatic rings. The third-order valence-corrected chi connectivity index (χ3v) is 4.99. The first kappa shape index (κ1) is 22.2. The SMILES string of the molecule is [C-]#[N+]c1c(C)c(C=C=Cc2ccc(N(C)C)cc2)c(=O)n(-c2ccc(C(=O)O)cc2)c1O. The van der Waals surface area contributed by atoms with Crippen LogP contribution in [0.5, 0.6) is 5.88 Å². The summed E-state index contributed by atoms with van der Waals surface area (Å²) < 4.78 is 0.991. The number of anilines is 1. The van der Waals surface area contributed by atoms with Gasteiger partial charge in [0.15, 0.2) is 0 Å². The number of rotatable bonds is 5. The molecule has 0 radical (unpaired) electrons. The van der Waals surface area contributed by atoms with Crippen LogP contribution in [0.1, 0.15) is 27.0 Å². The van der Waals surface area contributed by atoms with Crippen LogP contribution in [0.4, 0.5) is 11.4 Å². The van der Waals surface area contributed by atoms with Crippen LogP contribution < -0.4 is 10.5 Å². The monoisotopic (exact) mass is 427 g/mol. The lowest BCUT2D eigenvalue weighted by atomic mass is 10.1. The second-order valence-electron chi connectivity index (χ2n) is 7.26. The maximum atomic E-state index is 13.2. The van der Waals surface area contributed by atoms with Crippen LogP contribution in [0.2, 0.25) is 0 Å². The number of carbonyl (C=O) groups is 1. The maximum absolute atomic E-state index is 13.2. The summed E-state index contributed by atoms with van der Waals surface area (Å²) in [6.45, 7) is 9.02. The van der Waals surface area contributed by atoms with Crippen molar-refractivity contribution < 1.29 is 15.0 Å². The minimum atomic E-state index is -1.11. The molecule has 160 valence electrons. The Kier molecular flexibility index (Phi) is 6.29. The van der Waals surface area contributed by atoms with E-state index in [0.717, 1.165) is 15.8 Å². The Labute approximate surface area is 185 Å². The van der Waals surface area contributed by atoms with Crippen LogP contribution in [0.3, 0.4) is 0 Å². The lowest BCUT2D eigenvalue weighted by Gasteiger charge is -2.14. The van der Waals surface area contributed by atoms with Crippen molar-refractivity contribution in [2.45, 2.75) is 6.92 Å². The van der Waals surface area contributed by atoms with Gasteiger partial charge in [-0.25, -0.2) is 9.64 Å². The van der Waals surface area contributed by atoms with E-state index >= 15 is 0 Å². The Balaban J connectivity index is 2.11. The first-order chi connectivity index (χ1) is 15.2. The number of pyridine rings is 1. The second-order valence-corrected chi connectivity index (χ2v) is 7.26. The van der Waals surface area contributed by atoms with E-state index in [9.17, 15) is 14.7 Å². The molecule has 3 aromatic rings. The van der Waals surface area contributed by atoms with Crippen LogP contribution in [-0.4, -0.2) is 34.8 Å². The Morgan fingerprint density at radius 3 is 2.25 bits per heavy atom. The Hall–Kier alpha value is -4.53. The predicted octanol–water partition coefficient (Wildman–Crippen LogP) is 4.49. The number of hydrogen-bond donors (Lipinski definition) is 2. The van der Waals surface area contributed by atoms with Gasteiger partial charge in [-0.1, -0.05) is 12.1 Å². The second kappa shape index (κ2) is 9.09. The number of benzene rings is 2. The summed E-state index contributed by atoms with van der Waals surface area (Å²) in [5, 5.41) is 19.6. The molecular formula is C25H21N3O4. The van der Waals surface area contributed by atoms with Crippen LogP contribution >= 0.6 is 0 Å². The molecule has 2 N–H and O–H groups in total. The fourth-order valence-electron chi connectivity index (χ4n) is 3.16. The summed E-state index contributed by atoms with van der Waals surface area (Å²) in [5.74, 6) is -1.60. The zero-order valence-corrected chi connectivity index (χ0v) is 17.8. The molecule has 7 heteroatoms. The van der Waals surface area contributed by atoms with E-state index in [1.807, 2.05) is 43.3 Å². The van der Waals surface area contributed by atoms with E-state index in [2.05, 4.69) is 10.6 Å². The molecular weight excluding hydrogens is 406 g/mol. The molecule has 0 spiro atoms. The van der Waals surface area contributed by atoms with Gasteiger partial charge >= 0.3 is 5.97 Å². The average molecular weight is 427 g/mol. The fraction of sp³-hybridized carbons (Fsp3) is 0.120. The van der Waals surface area contributed by atoms with Crippen LogP contribution in [0.25, 0.3) is 22.7 Å². The Bertz CT molecular complexity index is 1340. The molecule has 1 heterocycles. The summed E-state index contributed by atoms with van der Waals surface area (Å²) in [7, 11) is 3.90. The van der Waals surface area contributed by atoms with Crippen molar-refractivity contribution in [3.63, 3.8) is 0 Å². The number of hydrogen-bond acceptors (Lipinski definition) is 4. The zero-order valence-electron chi connectivity index (χ0n) is 17.8. The maximum Gasteiger partial charge on any atom is 0.335 e. The largest absolute Gasteiger partial charge is 0.502 e. The third kappa shape index (κ3) is 4.31. The molecule has 0 unspecified atom stereocenters. The first-order valence-corrected chi connectivity index (χ1v) is 9.64. The van der Waals surface area contributed by atoms with E-state index in [-0.39, 0.29) is 22.5 Å². The van der Waals surface area contributed by atoms with Gasteiger partial charge in [-0.2, -0.15) is 0 Å². The van der Waals surface area contributed by atoms with Crippen molar-refractivity contribution in [1.29, 1.82) is 0 Å². The molecule has 1 aromatic heterocycles. The minimum Gasteiger partial charge on any atom is -0.502 e. The highest BCUT2D eigenvalue weighted by Crippen LogP contribution is 2.33. The fourth-order valence-corrected chi connectivity index (χ4v) is 3.16. The van der Waals surface area contributed by atoms with Crippen molar-refractivity contribution in [3.05, 3.63) is 98.3 Å². The lowest BCUT2D eigenvalue weighted by Crippen LogP contribution is -2.22. The molecule has 7 nitrogen and oxygen atoms in total. The number of aromatic hydroxyl groups is 1. The van der Waals surface area contributed by atoms with E-state index in [0.29, 0.717) is 5.56 Å². The summed E-state index contributed by atoms with van der Waals surface area (Å²) in [6, 6.07) is 13.2. The van der Waals surface area contributed by atoms with Gasteiger partial charge in [-0.15, -0.1) is 5.73 Å². The van der Waals surface area contributed by atoms with E-state index < -0.39 is 17.4 Å². The standard InChI is InChI=1S/C25H21N3O4/c1-16-21(7-5-6-17-8-12-19(13-9-17)27(3)4)23(29)28(24(30)22(16)26-2)20-14-10-18(11-15-20)25(31)32/h6-15,30H,1,3-4H3,(H,31,32). The van der Waals surface area contributed by atoms with E-state index in [4.69, 9.17) is 11.7 Å². The van der Waals surface area contributed by atoms with Gasteiger partial charge in [0.25, 0.3) is 5.56 Å². The molecule has 0 saturated heterocycles. The summed E-state index contributed by atoms with van der Waals surface area (Å²) in [6.07, 6.45) is 3.20. The summed E-state index contributed by atoms with van der Waals surface area (Å²) in [4.78, 5) is 29.6. The average Bonchev–Trinajstić information content (AvgIpc) is 2.77. The molecule has 0 saturated carbocycles. The van der Waals surface area contributed by atoms with Crippen LogP contribution in [-0.2, 0) is 0 Å². The van der Waals surface area contributed by atoms with E-state index in [1.165, 1.54) is 30.3 Å². The molecule has 2 aromatic carbocycles. The number of nitrogens with zero attached hydrogens (tertiary/aromatic N) is 3. The van der Waals surface area contributed by atoms with Crippen molar-refractivity contribution in [3.8, 4) is 11.6 Å². The first-order valence-electron chi connectivity index (χ1n) is 9.64. The van der Waals surface area contributed by atoms with Gasteiger partial charge < -0.3 is 15.1 Å². The normalized spacial score (nSPS) is 10.1.